The Balaban J connectivity index is 1.42. The summed E-state index contributed by atoms with van der Waals surface area (Å²) in [5.41, 5.74) is 1.17. The molecule has 3 fully saturated rings. The van der Waals surface area contributed by atoms with Gasteiger partial charge in [-0.05, 0) is 31.4 Å². The van der Waals surface area contributed by atoms with Crippen LogP contribution in [0.2, 0.25) is 0 Å². The number of hydrogen-bond acceptors (Lipinski definition) is 4. The van der Waals surface area contributed by atoms with Crippen molar-refractivity contribution in [3.63, 3.8) is 0 Å². The molecule has 4 atom stereocenters. The minimum absolute atomic E-state index is 0.0249. The lowest BCUT2D eigenvalue weighted by atomic mass is 9.89. The van der Waals surface area contributed by atoms with Crippen molar-refractivity contribution >= 4 is 5.91 Å². The Bertz CT molecular complexity index is 571. The second kappa shape index (κ2) is 6.24. The van der Waals surface area contributed by atoms with Crippen LogP contribution in [0.15, 0.2) is 12.4 Å². The number of carbonyl (C=O) groups excluding carboxylic acids is 1. The summed E-state index contributed by atoms with van der Waals surface area (Å²) < 4.78 is 1.82. The fourth-order valence-electron chi connectivity index (χ4n) is 4.64. The molecule has 6 nitrogen and oxygen atoms in total. The normalized spacial score (nSPS) is 34.5. The number of nitrogens with one attached hydrogen (secondary N) is 2. The summed E-state index contributed by atoms with van der Waals surface area (Å²) in [6.45, 7) is 3.99. The number of fused-ring (bicyclic) bond motifs is 1. The number of aromatic nitrogens is 2. The van der Waals surface area contributed by atoms with Crippen LogP contribution in [0, 0.1) is 5.92 Å². The van der Waals surface area contributed by atoms with Gasteiger partial charge in [-0.3, -0.25) is 14.4 Å². The number of hydrogen-bond donors (Lipinski definition) is 2. The lowest BCUT2D eigenvalue weighted by Gasteiger charge is -2.33. The summed E-state index contributed by atoms with van der Waals surface area (Å²) >= 11 is 0. The molecule has 3 aliphatic heterocycles. The Hall–Kier alpha value is -1.40. The molecule has 0 aromatic carbocycles. The average molecular weight is 317 g/mol. The Morgan fingerprint density at radius 3 is 3.04 bits per heavy atom. The van der Waals surface area contributed by atoms with E-state index in [1.165, 1.54) is 31.4 Å². The minimum Gasteiger partial charge on any atom is -0.351 e. The Morgan fingerprint density at radius 1 is 1.30 bits per heavy atom. The smallest absolute Gasteiger partial charge is 0.225 e. The molecular formula is C17H27N5O. The molecule has 0 spiro atoms. The lowest BCUT2D eigenvalue weighted by Crippen LogP contribution is -2.49. The second-order valence-corrected chi connectivity index (χ2v) is 7.32. The van der Waals surface area contributed by atoms with Gasteiger partial charge in [0.25, 0.3) is 0 Å². The molecule has 0 aliphatic carbocycles. The van der Waals surface area contributed by atoms with Gasteiger partial charge in [-0.25, -0.2) is 0 Å². The predicted octanol–water partition coefficient (Wildman–Crippen LogP) is 0.466. The molecule has 1 aromatic heterocycles. The number of piperidine rings is 1. The summed E-state index contributed by atoms with van der Waals surface area (Å²) in [5, 5.41) is 11.0. The van der Waals surface area contributed by atoms with Crippen LogP contribution in [-0.4, -0.2) is 58.9 Å². The maximum Gasteiger partial charge on any atom is 0.225 e. The highest BCUT2D eigenvalue weighted by atomic mass is 16.2. The van der Waals surface area contributed by atoms with Crippen molar-refractivity contribution in [2.24, 2.45) is 13.0 Å². The van der Waals surface area contributed by atoms with E-state index < -0.39 is 0 Å². The zero-order chi connectivity index (χ0) is 15.8. The van der Waals surface area contributed by atoms with Gasteiger partial charge in [0.2, 0.25) is 5.91 Å². The van der Waals surface area contributed by atoms with Gasteiger partial charge in [-0.1, -0.05) is 6.42 Å². The van der Waals surface area contributed by atoms with Crippen LogP contribution in [0.4, 0.5) is 0 Å². The van der Waals surface area contributed by atoms with E-state index in [0.717, 1.165) is 26.1 Å². The predicted molar refractivity (Wildman–Crippen MR) is 88.1 cm³/mol. The fraction of sp³-hybridized carbons (Fsp3) is 0.765. The Labute approximate surface area is 137 Å². The van der Waals surface area contributed by atoms with Crippen molar-refractivity contribution in [2.45, 2.75) is 43.7 Å². The van der Waals surface area contributed by atoms with Gasteiger partial charge in [-0.2, -0.15) is 5.10 Å². The third-order valence-corrected chi connectivity index (χ3v) is 5.89. The third kappa shape index (κ3) is 2.90. The SMILES string of the molecule is Cn1cc([C@H]2CNC[C@@H]2C(=O)NC2CCN3CCCCC23)cn1. The topological polar surface area (TPSA) is 62.2 Å². The van der Waals surface area contributed by atoms with E-state index in [2.05, 4.69) is 20.6 Å². The lowest BCUT2D eigenvalue weighted by molar-refractivity contribution is -0.125. The quantitative estimate of drug-likeness (QED) is 0.850. The third-order valence-electron chi connectivity index (χ3n) is 5.89. The molecule has 0 saturated carbocycles. The summed E-state index contributed by atoms with van der Waals surface area (Å²) in [6.07, 6.45) is 8.89. The molecule has 3 aliphatic rings. The molecule has 126 valence electrons. The van der Waals surface area contributed by atoms with Gasteiger partial charge in [0.15, 0.2) is 0 Å². The summed E-state index contributed by atoms with van der Waals surface area (Å²) in [4.78, 5) is 15.4. The van der Waals surface area contributed by atoms with Gasteiger partial charge < -0.3 is 10.6 Å². The number of aryl methyl sites for hydroxylation is 1. The standard InChI is InChI=1S/C17H27N5O/c1-21-11-12(8-19-21)13-9-18-10-14(13)17(23)20-15-5-7-22-6-3-2-4-16(15)22/h8,11,13-16,18H,2-7,9-10H2,1H3,(H,20,23)/t13-,14+,15?,16?/m1/s1. The molecule has 1 amide bonds. The highest BCUT2D eigenvalue weighted by molar-refractivity contribution is 5.81. The number of amides is 1. The molecule has 0 radical (unpaired) electrons. The van der Waals surface area contributed by atoms with Gasteiger partial charge in [-0.15, -0.1) is 0 Å². The highest BCUT2D eigenvalue weighted by Gasteiger charge is 2.40. The first-order chi connectivity index (χ1) is 11.2. The van der Waals surface area contributed by atoms with Crippen molar-refractivity contribution in [1.29, 1.82) is 0 Å². The van der Waals surface area contributed by atoms with E-state index in [9.17, 15) is 4.79 Å². The minimum atomic E-state index is 0.0249. The first-order valence-corrected chi connectivity index (χ1v) is 8.96. The van der Waals surface area contributed by atoms with Crippen molar-refractivity contribution in [2.75, 3.05) is 26.2 Å². The average Bonchev–Trinajstić information content (AvgIpc) is 3.26. The van der Waals surface area contributed by atoms with Crippen LogP contribution in [0.3, 0.4) is 0 Å². The van der Waals surface area contributed by atoms with Gasteiger partial charge in [0.05, 0.1) is 12.1 Å². The van der Waals surface area contributed by atoms with E-state index in [4.69, 9.17) is 0 Å². The van der Waals surface area contributed by atoms with Gasteiger partial charge >= 0.3 is 0 Å². The molecule has 4 heterocycles. The molecule has 4 rings (SSSR count). The van der Waals surface area contributed by atoms with Crippen molar-refractivity contribution in [3.05, 3.63) is 18.0 Å². The van der Waals surface area contributed by atoms with Crippen LogP contribution in [0.25, 0.3) is 0 Å². The van der Waals surface area contributed by atoms with Crippen LogP contribution in [0.5, 0.6) is 0 Å². The molecule has 2 N–H and O–H groups in total. The van der Waals surface area contributed by atoms with E-state index in [-0.39, 0.29) is 17.7 Å². The number of nitrogens with zero attached hydrogens (tertiary/aromatic N) is 3. The van der Waals surface area contributed by atoms with Crippen molar-refractivity contribution < 1.29 is 4.79 Å². The largest absolute Gasteiger partial charge is 0.351 e. The fourth-order valence-corrected chi connectivity index (χ4v) is 4.64. The van der Waals surface area contributed by atoms with Crippen molar-refractivity contribution in [3.8, 4) is 0 Å². The first kappa shape index (κ1) is 15.1. The Kier molecular flexibility index (Phi) is 4.11. The molecular weight excluding hydrogens is 290 g/mol. The molecule has 2 unspecified atom stereocenters. The first-order valence-electron chi connectivity index (χ1n) is 8.96. The van der Waals surface area contributed by atoms with Crippen LogP contribution in [0.1, 0.15) is 37.2 Å². The second-order valence-electron chi connectivity index (χ2n) is 7.32. The Morgan fingerprint density at radius 2 is 2.22 bits per heavy atom. The summed E-state index contributed by atoms with van der Waals surface area (Å²) in [5.74, 6) is 0.491. The maximum atomic E-state index is 12.9. The van der Waals surface area contributed by atoms with E-state index >= 15 is 0 Å². The summed E-state index contributed by atoms with van der Waals surface area (Å²) in [7, 11) is 1.93. The van der Waals surface area contributed by atoms with E-state index in [1.807, 2.05) is 24.1 Å². The van der Waals surface area contributed by atoms with Crippen molar-refractivity contribution in [1.82, 2.24) is 25.3 Å². The number of rotatable bonds is 3. The zero-order valence-corrected chi connectivity index (χ0v) is 13.9. The van der Waals surface area contributed by atoms with E-state index in [0.29, 0.717) is 12.1 Å². The van der Waals surface area contributed by atoms with E-state index in [1.54, 1.807) is 0 Å². The number of carbonyl (C=O) groups is 1. The highest BCUT2D eigenvalue weighted by Crippen LogP contribution is 2.30. The van der Waals surface area contributed by atoms with Crippen LogP contribution >= 0.6 is 0 Å². The monoisotopic (exact) mass is 317 g/mol. The molecule has 6 heteroatoms. The van der Waals surface area contributed by atoms with Gasteiger partial charge in [0, 0.05) is 50.9 Å². The van der Waals surface area contributed by atoms with Gasteiger partial charge in [0.1, 0.15) is 0 Å². The zero-order valence-electron chi connectivity index (χ0n) is 13.9. The van der Waals surface area contributed by atoms with Crippen LogP contribution < -0.4 is 10.6 Å². The molecule has 0 bridgehead atoms. The molecule has 23 heavy (non-hydrogen) atoms. The summed E-state index contributed by atoms with van der Waals surface area (Å²) in [6, 6.07) is 0.914. The van der Waals surface area contributed by atoms with Crippen LogP contribution in [-0.2, 0) is 11.8 Å². The molecule has 1 aromatic rings. The maximum absolute atomic E-state index is 12.9. The molecule has 3 saturated heterocycles.